The van der Waals surface area contributed by atoms with Gasteiger partial charge in [0.25, 0.3) is 5.69 Å². The van der Waals surface area contributed by atoms with Crippen molar-refractivity contribution in [1.82, 2.24) is 0 Å². The Morgan fingerprint density at radius 3 is 2.57 bits per heavy atom. The summed E-state index contributed by atoms with van der Waals surface area (Å²) in [4.78, 5) is 10.2. The van der Waals surface area contributed by atoms with Crippen LogP contribution in [0.25, 0.3) is 0 Å². The first kappa shape index (κ1) is 15.5. The molecule has 0 saturated heterocycles. The Morgan fingerprint density at radius 1 is 1.24 bits per heavy atom. The number of hydrogen-bond donors (Lipinski definition) is 1. The van der Waals surface area contributed by atoms with Gasteiger partial charge in [-0.15, -0.1) is 0 Å². The zero-order valence-corrected chi connectivity index (χ0v) is 12.5. The number of rotatable bonds is 4. The number of nitrogens with zero attached hydrogens (tertiary/aromatic N) is 1. The van der Waals surface area contributed by atoms with Crippen LogP contribution in [-0.4, -0.2) is 4.92 Å². The predicted molar refractivity (Wildman–Crippen MR) is 81.6 cm³/mol. The van der Waals surface area contributed by atoms with Crippen LogP contribution < -0.4 is 5.32 Å². The summed E-state index contributed by atoms with van der Waals surface area (Å²) in [6.07, 6.45) is 0. The van der Waals surface area contributed by atoms with Gasteiger partial charge >= 0.3 is 0 Å². The molecule has 1 N–H and O–H groups in total. The molecule has 0 fully saturated rings. The molecule has 0 aliphatic rings. The number of nitro benzene ring substituents is 1. The Hall–Kier alpha value is -1.85. The minimum absolute atomic E-state index is 0.0442. The summed E-state index contributed by atoms with van der Waals surface area (Å²) >= 11 is 11.9. The van der Waals surface area contributed by atoms with Gasteiger partial charge in [0.15, 0.2) is 0 Å². The third kappa shape index (κ3) is 3.62. The maximum Gasteiger partial charge on any atom is 0.271 e. The maximum atomic E-state index is 13.7. The molecule has 0 heterocycles. The Kier molecular flexibility index (Phi) is 4.65. The number of halogens is 3. The smallest absolute Gasteiger partial charge is 0.271 e. The molecule has 110 valence electrons. The van der Waals surface area contributed by atoms with Crippen molar-refractivity contribution >= 4 is 34.6 Å². The van der Waals surface area contributed by atoms with E-state index in [1.54, 1.807) is 25.1 Å². The molecule has 0 spiro atoms. The standard InChI is InChI=1S/C14H11Cl2FN2O2/c1-8(11-4-2-9(15)6-12(11)16)18-14-7-10(19(20)21)3-5-13(14)17/h2-8,18H,1H3. The van der Waals surface area contributed by atoms with Gasteiger partial charge in [-0.05, 0) is 30.7 Å². The van der Waals surface area contributed by atoms with E-state index in [1.807, 2.05) is 0 Å². The highest BCUT2D eigenvalue weighted by Crippen LogP contribution is 2.30. The molecule has 0 amide bonds. The summed E-state index contributed by atoms with van der Waals surface area (Å²) < 4.78 is 13.7. The van der Waals surface area contributed by atoms with Gasteiger partial charge in [0.1, 0.15) is 5.82 Å². The number of nitro groups is 1. The van der Waals surface area contributed by atoms with Crippen molar-refractivity contribution in [3.8, 4) is 0 Å². The summed E-state index contributed by atoms with van der Waals surface area (Å²) in [7, 11) is 0. The van der Waals surface area contributed by atoms with Crippen molar-refractivity contribution in [3.63, 3.8) is 0 Å². The molecule has 1 unspecified atom stereocenters. The molecule has 7 heteroatoms. The lowest BCUT2D eigenvalue weighted by Gasteiger charge is -2.17. The topological polar surface area (TPSA) is 55.2 Å². The van der Waals surface area contributed by atoms with E-state index < -0.39 is 10.7 Å². The average Bonchev–Trinajstić information content (AvgIpc) is 2.40. The van der Waals surface area contributed by atoms with Crippen molar-refractivity contribution in [2.75, 3.05) is 5.32 Å². The zero-order chi connectivity index (χ0) is 15.6. The van der Waals surface area contributed by atoms with Crippen LogP contribution in [0.4, 0.5) is 15.8 Å². The van der Waals surface area contributed by atoms with E-state index in [0.717, 1.165) is 18.2 Å². The lowest BCUT2D eigenvalue weighted by atomic mass is 10.1. The largest absolute Gasteiger partial charge is 0.376 e. The lowest BCUT2D eigenvalue weighted by molar-refractivity contribution is -0.384. The molecule has 1 atom stereocenters. The van der Waals surface area contributed by atoms with Crippen LogP contribution in [0, 0.1) is 15.9 Å². The molecule has 2 rings (SSSR count). The van der Waals surface area contributed by atoms with Crippen LogP contribution >= 0.6 is 23.2 Å². The minimum Gasteiger partial charge on any atom is -0.376 e. The Labute approximate surface area is 130 Å². The van der Waals surface area contributed by atoms with Crippen molar-refractivity contribution in [2.45, 2.75) is 13.0 Å². The Balaban J connectivity index is 2.28. The zero-order valence-electron chi connectivity index (χ0n) is 10.9. The molecule has 0 aromatic heterocycles. The van der Waals surface area contributed by atoms with E-state index in [2.05, 4.69) is 5.32 Å². The van der Waals surface area contributed by atoms with Gasteiger partial charge in [0.2, 0.25) is 0 Å². The molecule has 2 aromatic carbocycles. The van der Waals surface area contributed by atoms with Crippen molar-refractivity contribution in [3.05, 3.63) is 67.9 Å². The molecule has 0 aliphatic heterocycles. The second-order valence-electron chi connectivity index (χ2n) is 4.45. The normalized spacial score (nSPS) is 12.0. The van der Waals surface area contributed by atoms with E-state index in [9.17, 15) is 14.5 Å². The van der Waals surface area contributed by atoms with Crippen LogP contribution in [0.2, 0.25) is 10.0 Å². The SMILES string of the molecule is CC(Nc1cc([N+](=O)[O-])ccc1F)c1ccc(Cl)cc1Cl. The van der Waals surface area contributed by atoms with Gasteiger partial charge in [-0.2, -0.15) is 0 Å². The fourth-order valence-corrected chi connectivity index (χ4v) is 2.47. The van der Waals surface area contributed by atoms with Crippen LogP contribution in [0.15, 0.2) is 36.4 Å². The van der Waals surface area contributed by atoms with Gasteiger partial charge in [-0.3, -0.25) is 10.1 Å². The molecule has 2 aromatic rings. The Bertz CT molecular complexity index is 695. The van der Waals surface area contributed by atoms with E-state index in [-0.39, 0.29) is 17.4 Å². The molecule has 0 bridgehead atoms. The van der Waals surface area contributed by atoms with E-state index in [0.29, 0.717) is 15.6 Å². The first-order valence-corrected chi connectivity index (χ1v) is 6.79. The van der Waals surface area contributed by atoms with Crippen molar-refractivity contribution in [2.24, 2.45) is 0 Å². The van der Waals surface area contributed by atoms with Gasteiger partial charge in [-0.1, -0.05) is 29.3 Å². The summed E-state index contributed by atoms with van der Waals surface area (Å²) in [5.41, 5.74) is 0.572. The minimum atomic E-state index is -0.579. The predicted octanol–water partition coefficient (Wildman–Crippen LogP) is 5.21. The molecule has 0 radical (unpaired) electrons. The second-order valence-corrected chi connectivity index (χ2v) is 5.30. The lowest BCUT2D eigenvalue weighted by Crippen LogP contribution is -2.09. The van der Waals surface area contributed by atoms with Gasteiger partial charge in [0.05, 0.1) is 16.7 Å². The van der Waals surface area contributed by atoms with Crippen LogP contribution in [0.5, 0.6) is 0 Å². The Morgan fingerprint density at radius 2 is 1.95 bits per heavy atom. The maximum absolute atomic E-state index is 13.7. The highest BCUT2D eigenvalue weighted by Gasteiger charge is 2.15. The number of hydrogen-bond acceptors (Lipinski definition) is 3. The second kappa shape index (κ2) is 6.28. The molecular formula is C14H11Cl2FN2O2. The summed E-state index contributed by atoms with van der Waals surface area (Å²) in [6, 6.07) is 7.95. The summed E-state index contributed by atoms with van der Waals surface area (Å²) in [5, 5.41) is 14.5. The number of benzene rings is 2. The summed E-state index contributed by atoms with van der Waals surface area (Å²) in [6.45, 7) is 1.77. The number of anilines is 1. The van der Waals surface area contributed by atoms with Crippen LogP contribution in [-0.2, 0) is 0 Å². The average molecular weight is 329 g/mol. The molecule has 0 saturated carbocycles. The first-order chi connectivity index (χ1) is 9.88. The molecular weight excluding hydrogens is 318 g/mol. The quantitative estimate of drug-likeness (QED) is 0.618. The molecule has 0 aliphatic carbocycles. The van der Waals surface area contributed by atoms with Crippen molar-refractivity contribution < 1.29 is 9.31 Å². The number of non-ortho nitro benzene ring substituents is 1. The first-order valence-electron chi connectivity index (χ1n) is 6.04. The van der Waals surface area contributed by atoms with Crippen LogP contribution in [0.1, 0.15) is 18.5 Å². The van der Waals surface area contributed by atoms with Crippen molar-refractivity contribution in [1.29, 1.82) is 0 Å². The molecule has 21 heavy (non-hydrogen) atoms. The fraction of sp³-hybridized carbons (Fsp3) is 0.143. The third-order valence-electron chi connectivity index (χ3n) is 2.96. The van der Waals surface area contributed by atoms with E-state index >= 15 is 0 Å². The van der Waals surface area contributed by atoms with E-state index in [4.69, 9.17) is 23.2 Å². The van der Waals surface area contributed by atoms with Gasteiger partial charge < -0.3 is 5.32 Å². The highest BCUT2D eigenvalue weighted by molar-refractivity contribution is 6.35. The fourth-order valence-electron chi connectivity index (χ4n) is 1.90. The molecule has 4 nitrogen and oxygen atoms in total. The third-order valence-corrected chi connectivity index (χ3v) is 3.52. The van der Waals surface area contributed by atoms with Crippen LogP contribution in [0.3, 0.4) is 0 Å². The van der Waals surface area contributed by atoms with Gasteiger partial charge in [0, 0.05) is 22.2 Å². The number of nitrogens with one attached hydrogen (secondary N) is 1. The highest BCUT2D eigenvalue weighted by atomic mass is 35.5. The summed E-state index contributed by atoms with van der Waals surface area (Å²) in [5.74, 6) is -0.572. The van der Waals surface area contributed by atoms with Gasteiger partial charge in [-0.25, -0.2) is 4.39 Å². The monoisotopic (exact) mass is 328 g/mol. The van der Waals surface area contributed by atoms with E-state index in [1.165, 1.54) is 0 Å².